The second kappa shape index (κ2) is 13.3. The molecule has 252 valence electrons. The lowest BCUT2D eigenvalue weighted by Crippen LogP contribution is -2.36. The highest BCUT2D eigenvalue weighted by molar-refractivity contribution is 6.39. The fraction of sp³-hybridized carbons (Fsp3) is 0.286. The molecule has 1 aliphatic heterocycles. The van der Waals surface area contributed by atoms with Crippen LogP contribution in [0.1, 0.15) is 48.6 Å². The number of fused-ring (bicyclic) bond motifs is 2. The average molecular weight is 707 g/mol. The molecule has 2 unspecified atom stereocenters. The number of carbonyl (C=O) groups excluding carboxylic acids is 1. The van der Waals surface area contributed by atoms with E-state index in [1.54, 1.807) is 25.3 Å². The van der Waals surface area contributed by atoms with E-state index in [9.17, 15) is 18.4 Å². The van der Waals surface area contributed by atoms with Gasteiger partial charge in [0.2, 0.25) is 11.8 Å². The Morgan fingerprint density at radius 3 is 2.51 bits per heavy atom. The molecule has 3 N–H and O–H groups in total. The average Bonchev–Trinajstić information content (AvgIpc) is 3.71. The van der Waals surface area contributed by atoms with Gasteiger partial charge >= 0.3 is 0 Å². The number of nitrogens with one attached hydrogen (secondary N) is 3. The van der Waals surface area contributed by atoms with Crippen molar-refractivity contribution in [2.24, 2.45) is 7.05 Å². The minimum Gasteiger partial charge on any atom is -0.481 e. The fourth-order valence-corrected chi connectivity index (χ4v) is 7.20. The van der Waals surface area contributed by atoms with Crippen LogP contribution in [0.4, 0.5) is 20.3 Å². The van der Waals surface area contributed by atoms with E-state index in [1.807, 2.05) is 24.3 Å². The highest BCUT2D eigenvalue weighted by Gasteiger charge is 2.30. The van der Waals surface area contributed by atoms with Gasteiger partial charge in [-0.05, 0) is 43.0 Å². The third-order valence-corrected chi connectivity index (χ3v) is 9.85. The van der Waals surface area contributed by atoms with Crippen molar-refractivity contribution in [1.29, 1.82) is 0 Å². The molecule has 5 aromatic rings. The molecule has 1 aliphatic carbocycles. The van der Waals surface area contributed by atoms with E-state index in [2.05, 4.69) is 26.0 Å². The number of aromatic nitrogens is 4. The maximum atomic E-state index is 13.8. The summed E-state index contributed by atoms with van der Waals surface area (Å²) < 4.78 is 34.4. The largest absolute Gasteiger partial charge is 0.481 e. The molecule has 2 atom stereocenters. The first-order chi connectivity index (χ1) is 23.6. The monoisotopic (exact) mass is 705 g/mol. The van der Waals surface area contributed by atoms with Gasteiger partial charge in [-0.1, -0.05) is 53.5 Å². The summed E-state index contributed by atoms with van der Waals surface area (Å²) in [6, 6.07) is 14.1. The molecule has 3 aromatic heterocycles. The maximum Gasteiger partial charge on any atom is 0.280 e. The summed E-state index contributed by atoms with van der Waals surface area (Å²) in [6.07, 6.45) is 1.53. The highest BCUT2D eigenvalue weighted by atomic mass is 35.5. The minimum atomic E-state index is -2.87. The number of pyridine rings is 2. The molecule has 0 saturated carbocycles. The summed E-state index contributed by atoms with van der Waals surface area (Å²) in [5.74, 6) is 0.529. The summed E-state index contributed by atoms with van der Waals surface area (Å²) in [5.41, 5.74) is 3.94. The molecule has 14 heteroatoms. The molecule has 0 radical (unpaired) electrons. The van der Waals surface area contributed by atoms with Gasteiger partial charge in [0, 0.05) is 59.7 Å². The number of methoxy groups -OCH3 is 1. The highest BCUT2D eigenvalue weighted by Crippen LogP contribution is 2.44. The Hall–Kier alpha value is -4.65. The minimum absolute atomic E-state index is 0.0457. The lowest BCUT2D eigenvalue weighted by atomic mass is 9.99. The molecular weight excluding hydrogens is 675 g/mol. The third-order valence-electron chi connectivity index (χ3n) is 9.04. The van der Waals surface area contributed by atoms with Crippen LogP contribution in [0.2, 0.25) is 10.0 Å². The number of carbonyl (C=O) groups is 1. The SMILES string of the molecule is COc1nc(-c2cccc(-c3cccc(Nc4nc(C(F)F)cc5cnn(C)c(=O)c45)c3Cl)c2Cl)cc2c1C(NCC1CCC(=O)N1)CC2. The second-order valence-electron chi connectivity index (χ2n) is 12.1. The van der Waals surface area contributed by atoms with Gasteiger partial charge in [-0.2, -0.15) is 5.10 Å². The van der Waals surface area contributed by atoms with Crippen molar-refractivity contribution in [3.63, 3.8) is 0 Å². The molecule has 4 heterocycles. The third kappa shape index (κ3) is 6.20. The number of alkyl halides is 2. The van der Waals surface area contributed by atoms with Crippen molar-refractivity contribution in [3.05, 3.63) is 91.9 Å². The summed E-state index contributed by atoms with van der Waals surface area (Å²) in [7, 11) is 3.06. The van der Waals surface area contributed by atoms with Crippen molar-refractivity contribution in [3.8, 4) is 28.3 Å². The zero-order valence-electron chi connectivity index (χ0n) is 26.5. The molecular formula is C35H31Cl2F2N7O3. The zero-order chi connectivity index (χ0) is 34.4. The maximum absolute atomic E-state index is 13.8. The van der Waals surface area contributed by atoms with Gasteiger partial charge in [-0.15, -0.1) is 0 Å². The van der Waals surface area contributed by atoms with E-state index in [-0.39, 0.29) is 39.6 Å². The first-order valence-electron chi connectivity index (χ1n) is 15.7. The van der Waals surface area contributed by atoms with Gasteiger partial charge in [-0.25, -0.2) is 23.4 Å². The summed E-state index contributed by atoms with van der Waals surface area (Å²) >= 11 is 14.0. The van der Waals surface area contributed by atoms with Crippen LogP contribution in [-0.4, -0.2) is 45.4 Å². The molecule has 2 aromatic carbocycles. The van der Waals surface area contributed by atoms with Crippen molar-refractivity contribution < 1.29 is 18.3 Å². The van der Waals surface area contributed by atoms with Gasteiger partial charge in [0.15, 0.2) is 0 Å². The van der Waals surface area contributed by atoms with Crippen molar-refractivity contribution in [1.82, 2.24) is 30.4 Å². The number of hydrogen-bond donors (Lipinski definition) is 3. The Kier molecular flexibility index (Phi) is 8.95. The summed E-state index contributed by atoms with van der Waals surface area (Å²) in [4.78, 5) is 33.6. The molecule has 1 fully saturated rings. The normalized spacial score (nSPS) is 17.1. The Morgan fingerprint density at radius 2 is 1.78 bits per heavy atom. The number of halogens is 4. The van der Waals surface area contributed by atoms with Crippen molar-refractivity contribution in [2.45, 2.75) is 44.2 Å². The van der Waals surface area contributed by atoms with Crippen molar-refractivity contribution >= 4 is 51.4 Å². The van der Waals surface area contributed by atoms with E-state index in [1.165, 1.54) is 13.2 Å². The van der Waals surface area contributed by atoms with Crippen LogP contribution in [0, 0.1) is 0 Å². The van der Waals surface area contributed by atoms with Gasteiger partial charge in [0.25, 0.3) is 12.0 Å². The summed E-state index contributed by atoms with van der Waals surface area (Å²) in [6.45, 7) is 0.668. The van der Waals surface area contributed by atoms with Gasteiger partial charge in [0.1, 0.15) is 11.5 Å². The number of benzene rings is 2. The van der Waals surface area contributed by atoms with Crippen LogP contribution in [0.15, 0.2) is 59.5 Å². The van der Waals surface area contributed by atoms with Crippen LogP contribution in [0.5, 0.6) is 5.88 Å². The predicted molar refractivity (Wildman–Crippen MR) is 185 cm³/mol. The molecule has 0 spiro atoms. The van der Waals surface area contributed by atoms with Gasteiger partial charge in [-0.3, -0.25) is 9.59 Å². The zero-order valence-corrected chi connectivity index (χ0v) is 28.0. The van der Waals surface area contributed by atoms with Crippen LogP contribution in [-0.2, 0) is 18.3 Å². The fourth-order valence-electron chi connectivity index (χ4n) is 6.60. The molecule has 1 saturated heterocycles. The molecule has 49 heavy (non-hydrogen) atoms. The van der Waals surface area contributed by atoms with E-state index >= 15 is 0 Å². The van der Waals surface area contributed by atoms with E-state index in [0.29, 0.717) is 51.9 Å². The molecule has 2 aliphatic rings. The molecule has 7 rings (SSSR count). The van der Waals surface area contributed by atoms with E-state index in [0.717, 1.165) is 41.1 Å². The number of amides is 1. The number of hydrogen-bond acceptors (Lipinski definition) is 8. The number of rotatable bonds is 9. The van der Waals surface area contributed by atoms with Gasteiger partial charge in [0.05, 0.1) is 40.1 Å². The predicted octanol–water partition coefficient (Wildman–Crippen LogP) is 6.91. The standard InChI is InChI=1S/C35H31Cl2F2N7O3/c1-46-35(48)29-18(15-41-46)14-26(32(38)39)44-33(29)43-24-8-4-6-21(31(24)37)20-5-3-7-22(30(20)36)25-13-17-9-11-23(28(17)34(45-25)49-2)40-16-19-10-12-27(47)42-19/h3-8,13-15,19,23,32,40H,9-12,16H2,1-2H3,(H,42,47)(H,43,44). The number of nitrogens with zero attached hydrogens (tertiary/aromatic N) is 4. The second-order valence-corrected chi connectivity index (χ2v) is 12.8. The Morgan fingerprint density at radius 1 is 1.02 bits per heavy atom. The first kappa shape index (κ1) is 32.9. The topological polar surface area (TPSA) is 123 Å². The van der Waals surface area contributed by atoms with Crippen LogP contribution >= 0.6 is 23.2 Å². The molecule has 0 bridgehead atoms. The number of anilines is 2. The molecule has 1 amide bonds. The Bertz CT molecular complexity index is 2180. The lowest BCUT2D eigenvalue weighted by molar-refractivity contribution is -0.119. The van der Waals surface area contributed by atoms with Crippen LogP contribution in [0.3, 0.4) is 0 Å². The molecule has 10 nitrogen and oxygen atoms in total. The lowest BCUT2D eigenvalue weighted by Gasteiger charge is -2.20. The number of aryl methyl sites for hydroxylation is 2. The van der Waals surface area contributed by atoms with Gasteiger partial charge < -0.3 is 20.7 Å². The Balaban J connectivity index is 1.22. The van der Waals surface area contributed by atoms with Crippen molar-refractivity contribution in [2.75, 3.05) is 19.0 Å². The quantitative estimate of drug-likeness (QED) is 0.151. The first-order valence-corrected chi connectivity index (χ1v) is 16.5. The number of ether oxygens (including phenoxy) is 1. The summed E-state index contributed by atoms with van der Waals surface area (Å²) in [5, 5.41) is 14.5. The van der Waals surface area contributed by atoms with E-state index < -0.39 is 17.7 Å². The van der Waals surface area contributed by atoms with Crippen LogP contribution in [0.25, 0.3) is 33.2 Å². The van der Waals surface area contributed by atoms with Crippen LogP contribution < -0.4 is 26.2 Å². The Labute approximate surface area is 289 Å². The van der Waals surface area contributed by atoms with E-state index in [4.69, 9.17) is 32.9 Å². The smallest absolute Gasteiger partial charge is 0.280 e.